The summed E-state index contributed by atoms with van der Waals surface area (Å²) in [4.78, 5) is 12.1. The highest BCUT2D eigenvalue weighted by atomic mass is 16.1. The van der Waals surface area contributed by atoms with Gasteiger partial charge in [-0.3, -0.25) is 9.89 Å². The third-order valence-electron chi connectivity index (χ3n) is 3.69. The standard InChI is InChI=1S/C14H17N3O/c18-14(10-6-2-1-3-7-10)15-13-11-8-4-5-9-12(11)16-17-13/h4-5,8-10H,1-3,6-7H2,(H2,15,16,17,18). The third-order valence-corrected chi connectivity index (χ3v) is 3.69. The van der Waals surface area contributed by atoms with E-state index in [1.165, 1.54) is 19.3 Å². The zero-order valence-electron chi connectivity index (χ0n) is 10.3. The molecule has 0 radical (unpaired) electrons. The SMILES string of the molecule is O=C(Nc1n[nH]c2ccccc12)C1CCCCC1. The molecule has 1 aromatic heterocycles. The highest BCUT2D eigenvalue weighted by Crippen LogP contribution is 2.26. The van der Waals surface area contributed by atoms with E-state index in [2.05, 4.69) is 15.5 Å². The summed E-state index contributed by atoms with van der Waals surface area (Å²) in [6.45, 7) is 0. The molecule has 0 saturated heterocycles. The number of hydrogen-bond acceptors (Lipinski definition) is 2. The summed E-state index contributed by atoms with van der Waals surface area (Å²) in [6, 6.07) is 7.83. The van der Waals surface area contributed by atoms with Crippen molar-refractivity contribution >= 4 is 22.6 Å². The van der Waals surface area contributed by atoms with Crippen LogP contribution in [0.15, 0.2) is 24.3 Å². The van der Waals surface area contributed by atoms with Crippen LogP contribution in [0.4, 0.5) is 5.82 Å². The van der Waals surface area contributed by atoms with Crippen LogP contribution in [0.5, 0.6) is 0 Å². The summed E-state index contributed by atoms with van der Waals surface area (Å²) in [5, 5.41) is 11.0. The second kappa shape index (κ2) is 4.80. The first-order valence-electron chi connectivity index (χ1n) is 6.58. The van der Waals surface area contributed by atoms with Crippen molar-refractivity contribution in [3.63, 3.8) is 0 Å². The first kappa shape index (κ1) is 11.3. The number of amides is 1. The highest BCUT2D eigenvalue weighted by molar-refractivity contribution is 6.00. The van der Waals surface area contributed by atoms with Gasteiger partial charge in [-0.1, -0.05) is 31.4 Å². The van der Waals surface area contributed by atoms with Crippen molar-refractivity contribution in [3.05, 3.63) is 24.3 Å². The molecule has 1 amide bonds. The molecule has 1 aromatic carbocycles. The molecule has 0 atom stereocenters. The van der Waals surface area contributed by atoms with Gasteiger partial charge in [-0.15, -0.1) is 0 Å². The number of H-pyrrole nitrogens is 1. The number of carbonyl (C=O) groups excluding carboxylic acids is 1. The Balaban J connectivity index is 1.77. The topological polar surface area (TPSA) is 57.8 Å². The molecule has 1 heterocycles. The number of rotatable bonds is 2. The molecule has 3 rings (SSSR count). The van der Waals surface area contributed by atoms with Crippen molar-refractivity contribution in [2.45, 2.75) is 32.1 Å². The fourth-order valence-electron chi connectivity index (χ4n) is 2.64. The summed E-state index contributed by atoms with van der Waals surface area (Å²) < 4.78 is 0. The Morgan fingerprint density at radius 1 is 1.22 bits per heavy atom. The van der Waals surface area contributed by atoms with Crippen molar-refractivity contribution in [1.82, 2.24) is 10.2 Å². The minimum atomic E-state index is 0.118. The van der Waals surface area contributed by atoms with Crippen LogP contribution in [0.2, 0.25) is 0 Å². The van der Waals surface area contributed by atoms with E-state index in [9.17, 15) is 4.79 Å². The minimum absolute atomic E-state index is 0.118. The normalized spacial score (nSPS) is 16.9. The van der Waals surface area contributed by atoms with Gasteiger partial charge in [0.1, 0.15) is 0 Å². The number of nitrogens with one attached hydrogen (secondary N) is 2. The first-order chi connectivity index (χ1) is 8.84. The molecule has 4 nitrogen and oxygen atoms in total. The van der Waals surface area contributed by atoms with Crippen LogP contribution in [0, 0.1) is 5.92 Å². The van der Waals surface area contributed by atoms with Crippen LogP contribution in [0.3, 0.4) is 0 Å². The van der Waals surface area contributed by atoms with Gasteiger partial charge in [-0.2, -0.15) is 5.10 Å². The lowest BCUT2D eigenvalue weighted by molar-refractivity contribution is -0.120. The van der Waals surface area contributed by atoms with Gasteiger partial charge in [0.05, 0.1) is 5.52 Å². The fraction of sp³-hybridized carbons (Fsp3) is 0.429. The van der Waals surface area contributed by atoms with Gasteiger partial charge >= 0.3 is 0 Å². The van der Waals surface area contributed by atoms with Crippen LogP contribution in [-0.4, -0.2) is 16.1 Å². The van der Waals surface area contributed by atoms with Crippen LogP contribution in [-0.2, 0) is 4.79 Å². The maximum atomic E-state index is 12.1. The summed E-state index contributed by atoms with van der Waals surface area (Å²) in [7, 11) is 0. The van der Waals surface area contributed by atoms with Gasteiger partial charge in [-0.05, 0) is 25.0 Å². The molecule has 0 spiro atoms. The Morgan fingerprint density at radius 3 is 2.83 bits per heavy atom. The van der Waals surface area contributed by atoms with Crippen molar-refractivity contribution in [2.75, 3.05) is 5.32 Å². The Hall–Kier alpha value is -1.84. The lowest BCUT2D eigenvalue weighted by atomic mass is 9.89. The molecule has 2 N–H and O–H groups in total. The number of aromatic nitrogens is 2. The molecule has 18 heavy (non-hydrogen) atoms. The Morgan fingerprint density at radius 2 is 2.00 bits per heavy atom. The second-order valence-corrected chi connectivity index (χ2v) is 4.94. The minimum Gasteiger partial charge on any atom is -0.308 e. The molecule has 1 aliphatic rings. The lowest BCUT2D eigenvalue weighted by Gasteiger charge is -2.20. The average Bonchev–Trinajstić information content (AvgIpc) is 2.83. The van der Waals surface area contributed by atoms with Gasteiger partial charge in [0.2, 0.25) is 5.91 Å². The molecular weight excluding hydrogens is 226 g/mol. The molecule has 1 aliphatic carbocycles. The van der Waals surface area contributed by atoms with Crippen molar-refractivity contribution in [2.24, 2.45) is 5.92 Å². The van der Waals surface area contributed by atoms with Crippen LogP contribution < -0.4 is 5.32 Å². The van der Waals surface area contributed by atoms with E-state index >= 15 is 0 Å². The first-order valence-corrected chi connectivity index (χ1v) is 6.58. The molecule has 1 fully saturated rings. The second-order valence-electron chi connectivity index (χ2n) is 4.94. The predicted octanol–water partition coefficient (Wildman–Crippen LogP) is 3.08. The monoisotopic (exact) mass is 243 g/mol. The number of carbonyl (C=O) groups is 1. The van der Waals surface area contributed by atoms with Crippen molar-refractivity contribution < 1.29 is 4.79 Å². The van der Waals surface area contributed by atoms with Crippen LogP contribution >= 0.6 is 0 Å². The number of aromatic amines is 1. The zero-order chi connectivity index (χ0) is 12.4. The van der Waals surface area contributed by atoms with Crippen LogP contribution in [0.25, 0.3) is 10.9 Å². The van der Waals surface area contributed by atoms with E-state index in [4.69, 9.17) is 0 Å². The van der Waals surface area contributed by atoms with E-state index in [1.807, 2.05) is 24.3 Å². The number of anilines is 1. The van der Waals surface area contributed by atoms with E-state index in [0.29, 0.717) is 5.82 Å². The van der Waals surface area contributed by atoms with Crippen molar-refractivity contribution in [1.29, 1.82) is 0 Å². The average molecular weight is 243 g/mol. The number of nitrogens with zero attached hydrogens (tertiary/aromatic N) is 1. The quantitative estimate of drug-likeness (QED) is 0.851. The predicted molar refractivity (Wildman–Crippen MR) is 71.3 cm³/mol. The molecule has 94 valence electrons. The van der Waals surface area contributed by atoms with Gasteiger partial charge in [0.25, 0.3) is 0 Å². The number of benzene rings is 1. The summed E-state index contributed by atoms with van der Waals surface area (Å²) in [5.41, 5.74) is 0.955. The van der Waals surface area contributed by atoms with Gasteiger partial charge in [0, 0.05) is 11.3 Å². The Kier molecular flexibility index (Phi) is 3.00. The lowest BCUT2D eigenvalue weighted by Crippen LogP contribution is -2.24. The van der Waals surface area contributed by atoms with E-state index < -0.39 is 0 Å². The third kappa shape index (κ3) is 2.10. The maximum absolute atomic E-state index is 12.1. The molecule has 4 heteroatoms. The van der Waals surface area contributed by atoms with E-state index in [0.717, 1.165) is 23.7 Å². The Bertz CT molecular complexity index is 555. The smallest absolute Gasteiger partial charge is 0.228 e. The summed E-state index contributed by atoms with van der Waals surface area (Å²) in [5.74, 6) is 0.933. The number of para-hydroxylation sites is 1. The van der Waals surface area contributed by atoms with Crippen molar-refractivity contribution in [3.8, 4) is 0 Å². The van der Waals surface area contributed by atoms with Gasteiger partial charge < -0.3 is 5.32 Å². The maximum Gasteiger partial charge on any atom is 0.228 e. The van der Waals surface area contributed by atoms with E-state index in [1.54, 1.807) is 0 Å². The largest absolute Gasteiger partial charge is 0.308 e. The highest BCUT2D eigenvalue weighted by Gasteiger charge is 2.22. The molecule has 2 aromatic rings. The molecule has 0 bridgehead atoms. The number of hydrogen-bond donors (Lipinski definition) is 2. The molecule has 0 unspecified atom stereocenters. The fourth-order valence-corrected chi connectivity index (χ4v) is 2.64. The van der Waals surface area contributed by atoms with E-state index in [-0.39, 0.29) is 11.8 Å². The summed E-state index contributed by atoms with van der Waals surface area (Å²) >= 11 is 0. The molecular formula is C14H17N3O. The van der Waals surface area contributed by atoms with Crippen LogP contribution in [0.1, 0.15) is 32.1 Å². The van der Waals surface area contributed by atoms with Gasteiger partial charge in [0.15, 0.2) is 5.82 Å². The zero-order valence-corrected chi connectivity index (χ0v) is 10.3. The Labute approximate surface area is 106 Å². The van der Waals surface area contributed by atoms with Gasteiger partial charge in [-0.25, -0.2) is 0 Å². The summed E-state index contributed by atoms with van der Waals surface area (Å²) in [6.07, 6.45) is 5.61. The molecule has 1 saturated carbocycles. The number of fused-ring (bicyclic) bond motifs is 1. The molecule has 0 aliphatic heterocycles.